The van der Waals surface area contributed by atoms with E-state index in [9.17, 15) is 14.9 Å². The number of aliphatic hydroxyl groups excluding tert-OH is 1. The number of nitrogens with one attached hydrogen (secondary N) is 1. The zero-order chi connectivity index (χ0) is 15.3. The Labute approximate surface area is 121 Å². The van der Waals surface area contributed by atoms with Crippen LogP contribution in [0, 0.1) is 10.1 Å². The standard InChI is InChI=1S/C12H16ClN3O4/c1-8(15(2)5-6-17)12(18)14-11-7-9(16(19)20)3-4-10(11)13/h3-4,7-8,17H,5-6H2,1-2H3,(H,14,18). The Hall–Kier alpha value is -1.70. The van der Waals surface area contributed by atoms with Crippen molar-refractivity contribution in [2.75, 3.05) is 25.5 Å². The van der Waals surface area contributed by atoms with Gasteiger partial charge in [-0.2, -0.15) is 0 Å². The number of likely N-dealkylation sites (N-methyl/N-ethyl adjacent to an activating group) is 1. The molecular formula is C12H16ClN3O4. The van der Waals surface area contributed by atoms with Gasteiger partial charge >= 0.3 is 0 Å². The highest BCUT2D eigenvalue weighted by molar-refractivity contribution is 6.33. The van der Waals surface area contributed by atoms with Crippen molar-refractivity contribution in [1.29, 1.82) is 0 Å². The highest BCUT2D eigenvalue weighted by Gasteiger charge is 2.19. The maximum Gasteiger partial charge on any atom is 0.271 e. The van der Waals surface area contributed by atoms with Gasteiger partial charge in [0.05, 0.1) is 28.3 Å². The molecular weight excluding hydrogens is 286 g/mol. The summed E-state index contributed by atoms with van der Waals surface area (Å²) in [5.74, 6) is -0.358. The maximum absolute atomic E-state index is 12.0. The third-order valence-electron chi connectivity index (χ3n) is 2.91. The van der Waals surface area contributed by atoms with Gasteiger partial charge < -0.3 is 10.4 Å². The summed E-state index contributed by atoms with van der Waals surface area (Å²) in [4.78, 5) is 23.8. The molecule has 1 amide bonds. The van der Waals surface area contributed by atoms with Crippen LogP contribution in [-0.2, 0) is 4.79 Å². The van der Waals surface area contributed by atoms with E-state index in [0.717, 1.165) is 0 Å². The van der Waals surface area contributed by atoms with Crippen LogP contribution in [-0.4, -0.2) is 47.1 Å². The summed E-state index contributed by atoms with van der Waals surface area (Å²) < 4.78 is 0. The molecule has 0 spiro atoms. The number of amides is 1. The number of halogens is 1. The fourth-order valence-corrected chi connectivity index (χ4v) is 1.68. The molecule has 1 rings (SSSR count). The fraction of sp³-hybridized carbons (Fsp3) is 0.417. The molecule has 1 atom stereocenters. The fourth-order valence-electron chi connectivity index (χ4n) is 1.51. The second-order valence-electron chi connectivity index (χ2n) is 4.29. The van der Waals surface area contributed by atoms with E-state index in [1.54, 1.807) is 18.9 Å². The molecule has 0 aliphatic heterocycles. The number of carbonyl (C=O) groups is 1. The van der Waals surface area contributed by atoms with Crippen molar-refractivity contribution in [3.63, 3.8) is 0 Å². The predicted molar refractivity (Wildman–Crippen MR) is 75.9 cm³/mol. The lowest BCUT2D eigenvalue weighted by Crippen LogP contribution is -2.40. The molecule has 0 fully saturated rings. The maximum atomic E-state index is 12.0. The van der Waals surface area contributed by atoms with Gasteiger partial charge in [0.25, 0.3) is 5.69 Å². The zero-order valence-electron chi connectivity index (χ0n) is 11.2. The van der Waals surface area contributed by atoms with Crippen molar-refractivity contribution < 1.29 is 14.8 Å². The van der Waals surface area contributed by atoms with E-state index >= 15 is 0 Å². The van der Waals surface area contributed by atoms with Gasteiger partial charge in [-0.3, -0.25) is 19.8 Å². The summed E-state index contributed by atoms with van der Waals surface area (Å²) in [5, 5.41) is 22.3. The molecule has 8 heteroatoms. The predicted octanol–water partition coefficient (Wildman–Crippen LogP) is 1.50. The summed E-state index contributed by atoms with van der Waals surface area (Å²) in [7, 11) is 1.69. The third-order valence-corrected chi connectivity index (χ3v) is 3.24. The topological polar surface area (TPSA) is 95.7 Å². The number of anilines is 1. The van der Waals surface area contributed by atoms with E-state index in [-0.39, 0.29) is 28.9 Å². The van der Waals surface area contributed by atoms with Crippen molar-refractivity contribution in [1.82, 2.24) is 4.90 Å². The summed E-state index contributed by atoms with van der Waals surface area (Å²) in [6.45, 7) is 1.94. The molecule has 20 heavy (non-hydrogen) atoms. The Morgan fingerprint density at radius 3 is 2.80 bits per heavy atom. The average Bonchev–Trinajstić information content (AvgIpc) is 2.40. The highest BCUT2D eigenvalue weighted by Crippen LogP contribution is 2.26. The van der Waals surface area contributed by atoms with Crippen LogP contribution in [0.3, 0.4) is 0 Å². The Kier molecular flexibility index (Phi) is 5.87. The van der Waals surface area contributed by atoms with Gasteiger partial charge in [-0.05, 0) is 20.0 Å². The number of aliphatic hydroxyl groups is 1. The first-order valence-corrected chi connectivity index (χ1v) is 6.30. The van der Waals surface area contributed by atoms with Crippen LogP contribution in [0.1, 0.15) is 6.92 Å². The lowest BCUT2D eigenvalue weighted by molar-refractivity contribution is -0.384. The largest absolute Gasteiger partial charge is 0.395 e. The number of rotatable bonds is 6. The molecule has 1 aromatic rings. The number of nitrogens with zero attached hydrogens (tertiary/aromatic N) is 2. The lowest BCUT2D eigenvalue weighted by atomic mass is 10.2. The van der Waals surface area contributed by atoms with Crippen LogP contribution in [0.2, 0.25) is 5.02 Å². The second-order valence-corrected chi connectivity index (χ2v) is 4.70. The SMILES string of the molecule is CC(C(=O)Nc1cc([N+](=O)[O-])ccc1Cl)N(C)CCO. The van der Waals surface area contributed by atoms with Crippen LogP contribution in [0.5, 0.6) is 0 Å². The number of carbonyl (C=O) groups excluding carboxylic acids is 1. The number of non-ortho nitro benzene ring substituents is 1. The number of hydrogen-bond donors (Lipinski definition) is 2. The van der Waals surface area contributed by atoms with E-state index in [1.165, 1.54) is 18.2 Å². The van der Waals surface area contributed by atoms with Crippen LogP contribution >= 0.6 is 11.6 Å². The van der Waals surface area contributed by atoms with E-state index in [4.69, 9.17) is 16.7 Å². The quantitative estimate of drug-likeness (QED) is 0.613. The minimum absolute atomic E-state index is 0.0638. The second kappa shape index (κ2) is 7.18. The number of hydrogen-bond acceptors (Lipinski definition) is 5. The van der Waals surface area contributed by atoms with Crippen molar-refractivity contribution in [3.05, 3.63) is 33.3 Å². The van der Waals surface area contributed by atoms with Gasteiger partial charge in [0, 0.05) is 18.7 Å². The summed E-state index contributed by atoms with van der Waals surface area (Å²) in [5.41, 5.74) is 0.0381. The molecule has 110 valence electrons. The molecule has 0 aromatic heterocycles. The van der Waals surface area contributed by atoms with Crippen LogP contribution < -0.4 is 5.32 Å². The van der Waals surface area contributed by atoms with Gasteiger partial charge in [0.2, 0.25) is 5.91 Å². The summed E-state index contributed by atoms with van der Waals surface area (Å²) >= 11 is 5.90. The monoisotopic (exact) mass is 301 g/mol. The van der Waals surface area contributed by atoms with Crippen LogP contribution in [0.15, 0.2) is 18.2 Å². The van der Waals surface area contributed by atoms with Gasteiger partial charge in [0.1, 0.15) is 0 Å². The Morgan fingerprint density at radius 1 is 1.60 bits per heavy atom. The minimum atomic E-state index is -0.562. The van der Waals surface area contributed by atoms with E-state index in [1.807, 2.05) is 0 Å². The van der Waals surface area contributed by atoms with Crippen LogP contribution in [0.4, 0.5) is 11.4 Å². The van der Waals surface area contributed by atoms with Crippen molar-refractivity contribution in [2.24, 2.45) is 0 Å². The molecule has 2 N–H and O–H groups in total. The summed E-state index contributed by atoms with van der Waals surface area (Å²) in [6, 6.07) is 3.33. The molecule has 0 bridgehead atoms. The molecule has 0 heterocycles. The molecule has 1 unspecified atom stereocenters. The van der Waals surface area contributed by atoms with Crippen molar-refractivity contribution in [2.45, 2.75) is 13.0 Å². The molecule has 0 aliphatic carbocycles. The molecule has 0 saturated carbocycles. The molecule has 1 aromatic carbocycles. The molecule has 0 radical (unpaired) electrons. The minimum Gasteiger partial charge on any atom is -0.395 e. The number of benzene rings is 1. The van der Waals surface area contributed by atoms with Crippen molar-refractivity contribution in [3.8, 4) is 0 Å². The first-order chi connectivity index (χ1) is 9.36. The molecule has 0 aliphatic rings. The van der Waals surface area contributed by atoms with Gasteiger partial charge in [-0.1, -0.05) is 11.6 Å². The third kappa shape index (κ3) is 4.16. The normalized spacial score (nSPS) is 12.2. The number of nitro groups is 1. The smallest absolute Gasteiger partial charge is 0.271 e. The first-order valence-electron chi connectivity index (χ1n) is 5.92. The van der Waals surface area contributed by atoms with E-state index in [0.29, 0.717) is 6.54 Å². The highest BCUT2D eigenvalue weighted by atomic mass is 35.5. The summed E-state index contributed by atoms with van der Waals surface area (Å²) in [6.07, 6.45) is 0. The van der Waals surface area contributed by atoms with Gasteiger partial charge in [-0.15, -0.1) is 0 Å². The van der Waals surface area contributed by atoms with Crippen LogP contribution in [0.25, 0.3) is 0 Å². The zero-order valence-corrected chi connectivity index (χ0v) is 11.9. The van der Waals surface area contributed by atoms with Gasteiger partial charge in [-0.25, -0.2) is 0 Å². The Balaban J connectivity index is 2.84. The molecule has 0 saturated heterocycles. The van der Waals surface area contributed by atoms with Crippen molar-refractivity contribution >= 4 is 28.9 Å². The van der Waals surface area contributed by atoms with E-state index < -0.39 is 11.0 Å². The molecule has 7 nitrogen and oxygen atoms in total. The number of nitro benzene ring substituents is 1. The van der Waals surface area contributed by atoms with E-state index in [2.05, 4.69) is 5.32 Å². The lowest BCUT2D eigenvalue weighted by Gasteiger charge is -2.23. The first kappa shape index (κ1) is 16.4. The Morgan fingerprint density at radius 2 is 2.25 bits per heavy atom. The van der Waals surface area contributed by atoms with Gasteiger partial charge in [0.15, 0.2) is 0 Å². The average molecular weight is 302 g/mol. The Bertz CT molecular complexity index is 509.